The van der Waals surface area contributed by atoms with Crippen molar-refractivity contribution in [3.8, 4) is 6.07 Å². The minimum Gasteiger partial charge on any atom is -0.469 e. The number of esters is 1. The molecule has 0 amide bonds. The third kappa shape index (κ3) is 19.4. The second kappa shape index (κ2) is 21.3. The van der Waals surface area contributed by atoms with Gasteiger partial charge in [0.25, 0.3) is 0 Å². The van der Waals surface area contributed by atoms with Crippen molar-refractivity contribution in [2.75, 3.05) is 13.7 Å². The van der Waals surface area contributed by atoms with Crippen LogP contribution in [0.1, 0.15) is 73.4 Å². The van der Waals surface area contributed by atoms with Crippen molar-refractivity contribution < 1.29 is 42.2 Å². The molecule has 25 heavy (non-hydrogen) atoms. The molecule has 0 aliphatic rings. The zero-order valence-electron chi connectivity index (χ0n) is 14.2. The fraction of sp³-hybridized carbons (Fsp3) is 0.600. The van der Waals surface area contributed by atoms with Crippen LogP contribution in [0.2, 0.25) is 0 Å². The summed E-state index contributed by atoms with van der Waals surface area (Å²) in [5.41, 5.74) is 1.97. The maximum atomic E-state index is 10.5. The molecule has 1 aromatic carbocycles. The van der Waals surface area contributed by atoms with Gasteiger partial charge in [-0.15, -0.1) is 0 Å². The number of nitriles is 1. The summed E-state index contributed by atoms with van der Waals surface area (Å²) in [6.07, 6.45) is 0.453. The normalized spacial score (nSPS) is 8.24. The van der Waals surface area contributed by atoms with E-state index in [1.807, 2.05) is 38.1 Å². The van der Waals surface area contributed by atoms with Crippen LogP contribution in [-0.2, 0) is 42.2 Å². The average Bonchev–Trinajstić information content (AvgIpc) is 2.47. The van der Waals surface area contributed by atoms with E-state index in [1.54, 1.807) is 0 Å². The second-order valence-corrected chi connectivity index (χ2v) is 5.33. The number of hydrogen-bond acceptors (Lipinski definition) is 4. The van der Waals surface area contributed by atoms with E-state index in [4.69, 9.17) is 5.26 Å². The van der Waals surface area contributed by atoms with E-state index in [9.17, 15) is 4.79 Å². The van der Waals surface area contributed by atoms with Gasteiger partial charge in [-0.2, -0.15) is 5.26 Å². The standard InChI is InChI=1S/C10H11N.C7H15NO2.3CH4.Y/c1-8(2)10-5-3-4-9(6-10)7-11;1-6(2)8-5-4-7(9)10-3;;;;/h3-6,8H,1-2H3;6,8H,4-5H2,1-3H3;3*1H4;. The summed E-state index contributed by atoms with van der Waals surface area (Å²) in [4.78, 5) is 10.5. The van der Waals surface area contributed by atoms with Gasteiger partial charge in [0.2, 0.25) is 0 Å². The summed E-state index contributed by atoms with van der Waals surface area (Å²) >= 11 is 0. The Morgan fingerprint density at radius 3 is 2.16 bits per heavy atom. The monoisotopic (exact) mass is 427 g/mol. The molecule has 1 rings (SSSR count). The molecule has 0 heterocycles. The molecule has 0 bridgehead atoms. The fourth-order valence-electron chi connectivity index (χ4n) is 1.53. The molecular formula is C20H38N2O2Y. The molecular weight excluding hydrogens is 389 g/mol. The van der Waals surface area contributed by atoms with E-state index >= 15 is 0 Å². The molecule has 0 saturated heterocycles. The predicted octanol–water partition coefficient (Wildman–Crippen LogP) is 5.13. The molecule has 0 atom stereocenters. The van der Waals surface area contributed by atoms with Gasteiger partial charge in [-0.25, -0.2) is 0 Å². The third-order valence-electron chi connectivity index (χ3n) is 2.79. The summed E-state index contributed by atoms with van der Waals surface area (Å²) in [5, 5.41) is 11.7. The number of nitrogens with zero attached hydrogens (tertiary/aromatic N) is 1. The van der Waals surface area contributed by atoms with Crippen LogP contribution in [0.25, 0.3) is 0 Å². The van der Waals surface area contributed by atoms with Crippen molar-refractivity contribution in [2.45, 2.75) is 68.4 Å². The number of carbonyl (C=O) groups is 1. The van der Waals surface area contributed by atoms with E-state index in [1.165, 1.54) is 12.7 Å². The first-order chi connectivity index (χ1) is 9.90. The number of benzene rings is 1. The minimum absolute atomic E-state index is 0. The van der Waals surface area contributed by atoms with Crippen LogP contribution in [0, 0.1) is 11.3 Å². The Balaban J connectivity index is -0.0000000924. The molecule has 0 aliphatic heterocycles. The molecule has 5 heteroatoms. The van der Waals surface area contributed by atoms with Crippen LogP contribution in [0.15, 0.2) is 24.3 Å². The van der Waals surface area contributed by atoms with Gasteiger partial charge in [-0.1, -0.05) is 62.1 Å². The molecule has 0 unspecified atom stereocenters. The van der Waals surface area contributed by atoms with Crippen molar-refractivity contribution >= 4 is 5.97 Å². The number of ether oxygens (including phenoxy) is 1. The summed E-state index contributed by atoms with van der Waals surface area (Å²) in [5.74, 6) is 0.344. The second-order valence-electron chi connectivity index (χ2n) is 5.33. The van der Waals surface area contributed by atoms with Gasteiger partial charge < -0.3 is 10.1 Å². The smallest absolute Gasteiger partial charge is 0.306 e. The molecule has 143 valence electrons. The van der Waals surface area contributed by atoms with Crippen LogP contribution in [0.3, 0.4) is 0 Å². The average molecular weight is 427 g/mol. The van der Waals surface area contributed by atoms with Gasteiger partial charge in [0, 0.05) is 45.3 Å². The Bertz CT molecular complexity index is 469. The summed E-state index contributed by atoms with van der Waals surface area (Å²) < 4.78 is 4.45. The van der Waals surface area contributed by atoms with Crippen LogP contribution in [0.4, 0.5) is 0 Å². The number of carbonyl (C=O) groups excluding carboxylic acids is 1. The molecule has 1 radical (unpaired) electrons. The Hall–Kier alpha value is -0.756. The van der Waals surface area contributed by atoms with Crippen molar-refractivity contribution in [3.63, 3.8) is 0 Å². The predicted molar refractivity (Wildman–Crippen MR) is 105 cm³/mol. The van der Waals surface area contributed by atoms with Gasteiger partial charge in [-0.3, -0.25) is 4.79 Å². The molecule has 0 aromatic heterocycles. The first kappa shape index (κ1) is 35.4. The zero-order valence-corrected chi connectivity index (χ0v) is 17.1. The van der Waals surface area contributed by atoms with E-state index in [0.717, 1.165) is 5.56 Å². The Morgan fingerprint density at radius 1 is 1.20 bits per heavy atom. The van der Waals surface area contributed by atoms with Crippen molar-refractivity contribution in [2.24, 2.45) is 0 Å². The van der Waals surface area contributed by atoms with Crippen molar-refractivity contribution in [3.05, 3.63) is 35.4 Å². The molecule has 4 nitrogen and oxygen atoms in total. The molecule has 0 saturated carbocycles. The topological polar surface area (TPSA) is 62.1 Å². The van der Waals surface area contributed by atoms with E-state index in [-0.39, 0.29) is 61.0 Å². The van der Waals surface area contributed by atoms with Gasteiger partial charge in [0.1, 0.15) is 0 Å². The van der Waals surface area contributed by atoms with Gasteiger partial charge in [0.15, 0.2) is 0 Å². The quantitative estimate of drug-likeness (QED) is 0.662. The first-order valence-corrected chi connectivity index (χ1v) is 7.21. The molecule has 0 fully saturated rings. The Morgan fingerprint density at radius 2 is 1.76 bits per heavy atom. The first-order valence-electron chi connectivity index (χ1n) is 7.21. The maximum absolute atomic E-state index is 10.5. The number of rotatable bonds is 5. The largest absolute Gasteiger partial charge is 0.469 e. The van der Waals surface area contributed by atoms with Gasteiger partial charge in [0.05, 0.1) is 25.2 Å². The number of methoxy groups -OCH3 is 1. The SMILES string of the molecule is C.C.C.CC(C)c1cccc(C#N)c1.COC(=O)CCNC(C)C.[Y]. The van der Waals surface area contributed by atoms with Gasteiger partial charge in [-0.05, 0) is 23.6 Å². The minimum atomic E-state index is -0.159. The van der Waals surface area contributed by atoms with Gasteiger partial charge >= 0.3 is 5.97 Å². The van der Waals surface area contributed by atoms with Crippen LogP contribution < -0.4 is 5.32 Å². The van der Waals surface area contributed by atoms with Crippen molar-refractivity contribution in [1.82, 2.24) is 5.32 Å². The molecule has 1 N–H and O–H groups in total. The summed E-state index contributed by atoms with van der Waals surface area (Å²) in [6, 6.07) is 10.3. The molecule has 1 aromatic rings. The summed E-state index contributed by atoms with van der Waals surface area (Å²) in [6.45, 7) is 9.02. The van der Waals surface area contributed by atoms with Crippen molar-refractivity contribution in [1.29, 1.82) is 5.26 Å². The Labute approximate surface area is 181 Å². The molecule has 0 aliphatic carbocycles. The number of hydrogen-bond donors (Lipinski definition) is 1. The third-order valence-corrected chi connectivity index (χ3v) is 2.79. The Kier molecular flexibility index (Phi) is 30.1. The fourth-order valence-corrected chi connectivity index (χ4v) is 1.53. The van der Waals surface area contributed by atoms with E-state index in [2.05, 4.69) is 30.0 Å². The van der Waals surface area contributed by atoms with Crippen LogP contribution >= 0.6 is 0 Å². The maximum Gasteiger partial charge on any atom is 0.306 e. The molecule has 0 spiro atoms. The zero-order chi connectivity index (χ0) is 16.3. The van der Waals surface area contributed by atoms with Crippen LogP contribution in [0.5, 0.6) is 0 Å². The van der Waals surface area contributed by atoms with Crippen LogP contribution in [-0.4, -0.2) is 25.7 Å². The number of nitrogens with one attached hydrogen (secondary N) is 1. The van der Waals surface area contributed by atoms with E-state index in [0.29, 0.717) is 24.9 Å². The summed E-state index contributed by atoms with van der Waals surface area (Å²) in [7, 11) is 1.40. The van der Waals surface area contributed by atoms with E-state index < -0.39 is 0 Å².